The highest BCUT2D eigenvalue weighted by Gasteiger charge is 2.36. The van der Waals surface area contributed by atoms with Crippen LogP contribution >= 0.6 is 0 Å². The zero-order valence-corrected chi connectivity index (χ0v) is 20.9. The molecule has 3 N–H and O–H groups in total. The second kappa shape index (κ2) is 9.84. The van der Waals surface area contributed by atoms with E-state index in [2.05, 4.69) is 15.4 Å². The van der Waals surface area contributed by atoms with Crippen LogP contribution in [0.4, 0.5) is 20.4 Å². The van der Waals surface area contributed by atoms with Gasteiger partial charge in [-0.15, -0.1) is 0 Å². The molecule has 0 aliphatic carbocycles. The maximum Gasteiger partial charge on any atom is 0.279 e. The lowest BCUT2D eigenvalue weighted by atomic mass is 9.91. The van der Waals surface area contributed by atoms with Crippen molar-refractivity contribution in [2.24, 2.45) is 11.1 Å². The predicted molar refractivity (Wildman–Crippen MR) is 132 cm³/mol. The van der Waals surface area contributed by atoms with Gasteiger partial charge in [-0.1, -0.05) is 6.92 Å². The number of ether oxygens (including phenoxy) is 1. The Balaban J connectivity index is 1.87. The summed E-state index contributed by atoms with van der Waals surface area (Å²) in [5.74, 6) is -1.94. The standard InChI is InChI=1S/C24H31F2N7O3/c1-5-33-20(18(26)14(2)30-33)22(35)29-23-28-16-9-15(21(27)34)10-17-19(16)32(23)13-24(3,11-25)12-31(17)7-6-8-36-4/h9-10H,5-8,11-13H2,1-4H3,(H2,27,34)(H,28,29,35)/t24-/m1/s1. The van der Waals surface area contributed by atoms with E-state index in [0.29, 0.717) is 49.4 Å². The minimum Gasteiger partial charge on any atom is -0.385 e. The molecule has 0 spiro atoms. The number of rotatable bonds is 9. The Bertz CT molecular complexity index is 1320. The summed E-state index contributed by atoms with van der Waals surface area (Å²) in [5.41, 5.74) is 6.60. The van der Waals surface area contributed by atoms with Crippen LogP contribution in [0.25, 0.3) is 11.0 Å². The number of anilines is 2. The van der Waals surface area contributed by atoms with Crippen molar-refractivity contribution in [2.75, 3.05) is 43.7 Å². The van der Waals surface area contributed by atoms with Gasteiger partial charge in [-0.2, -0.15) is 5.10 Å². The summed E-state index contributed by atoms with van der Waals surface area (Å²) >= 11 is 0. The summed E-state index contributed by atoms with van der Waals surface area (Å²) in [5, 5.41) is 6.76. The summed E-state index contributed by atoms with van der Waals surface area (Å²) in [7, 11) is 1.61. The molecular formula is C24H31F2N7O3. The molecule has 194 valence electrons. The van der Waals surface area contributed by atoms with Gasteiger partial charge >= 0.3 is 0 Å². The van der Waals surface area contributed by atoms with E-state index in [9.17, 15) is 18.4 Å². The van der Waals surface area contributed by atoms with E-state index in [-0.39, 0.29) is 29.4 Å². The summed E-state index contributed by atoms with van der Waals surface area (Å²) in [6, 6.07) is 3.21. The molecule has 0 saturated carbocycles. The highest BCUT2D eigenvalue weighted by Crippen LogP contribution is 2.39. The first-order valence-electron chi connectivity index (χ1n) is 11.8. The number of nitrogens with two attached hydrogens (primary N) is 1. The van der Waals surface area contributed by atoms with Crippen LogP contribution in [-0.2, 0) is 17.8 Å². The zero-order chi connectivity index (χ0) is 26.2. The first-order valence-corrected chi connectivity index (χ1v) is 11.8. The van der Waals surface area contributed by atoms with Crippen molar-refractivity contribution in [2.45, 2.75) is 40.3 Å². The number of primary amides is 1. The van der Waals surface area contributed by atoms with Crippen LogP contribution in [-0.4, -0.2) is 64.6 Å². The van der Waals surface area contributed by atoms with Crippen molar-refractivity contribution in [1.82, 2.24) is 19.3 Å². The molecule has 12 heteroatoms. The lowest BCUT2D eigenvalue weighted by Gasteiger charge is -2.32. The molecule has 36 heavy (non-hydrogen) atoms. The molecule has 2 amide bonds. The van der Waals surface area contributed by atoms with E-state index in [1.54, 1.807) is 30.7 Å². The minimum atomic E-state index is -0.834. The number of methoxy groups -OCH3 is 1. The third-order valence-corrected chi connectivity index (χ3v) is 6.45. The van der Waals surface area contributed by atoms with Crippen LogP contribution in [0.15, 0.2) is 12.1 Å². The smallest absolute Gasteiger partial charge is 0.279 e. The normalized spacial score (nSPS) is 17.4. The zero-order valence-electron chi connectivity index (χ0n) is 20.9. The van der Waals surface area contributed by atoms with Gasteiger partial charge in [0.1, 0.15) is 0 Å². The van der Waals surface area contributed by atoms with Gasteiger partial charge in [-0.25, -0.2) is 9.37 Å². The molecule has 0 saturated heterocycles. The fourth-order valence-electron chi connectivity index (χ4n) is 4.71. The number of imidazole rings is 1. The fourth-order valence-corrected chi connectivity index (χ4v) is 4.71. The number of aromatic nitrogens is 4. The molecule has 3 aromatic rings. The number of halogens is 2. The predicted octanol–water partition coefficient (Wildman–Crippen LogP) is 2.88. The highest BCUT2D eigenvalue weighted by molar-refractivity contribution is 6.05. The molecule has 0 unspecified atom stereocenters. The molecule has 1 aromatic carbocycles. The monoisotopic (exact) mass is 503 g/mol. The molecule has 1 aliphatic rings. The Morgan fingerprint density at radius 1 is 1.31 bits per heavy atom. The van der Waals surface area contributed by atoms with E-state index in [1.807, 2.05) is 11.8 Å². The average molecular weight is 504 g/mol. The van der Waals surface area contributed by atoms with E-state index < -0.39 is 29.7 Å². The maximum atomic E-state index is 14.7. The molecule has 10 nitrogen and oxygen atoms in total. The van der Waals surface area contributed by atoms with Crippen molar-refractivity contribution in [3.63, 3.8) is 0 Å². The number of benzene rings is 1. The van der Waals surface area contributed by atoms with Crippen LogP contribution in [0.1, 0.15) is 46.8 Å². The van der Waals surface area contributed by atoms with Gasteiger partial charge in [-0.3, -0.25) is 24.0 Å². The molecule has 3 heterocycles. The summed E-state index contributed by atoms with van der Waals surface area (Å²) in [6.45, 7) is 6.33. The Morgan fingerprint density at radius 2 is 2.06 bits per heavy atom. The third-order valence-electron chi connectivity index (χ3n) is 6.45. The Morgan fingerprint density at radius 3 is 2.69 bits per heavy atom. The van der Waals surface area contributed by atoms with E-state index >= 15 is 0 Å². The van der Waals surface area contributed by atoms with Crippen LogP contribution in [0.5, 0.6) is 0 Å². The number of aryl methyl sites for hydroxylation is 2. The second-order valence-electron chi connectivity index (χ2n) is 9.48. The van der Waals surface area contributed by atoms with Gasteiger partial charge < -0.3 is 19.9 Å². The average Bonchev–Trinajstić information content (AvgIpc) is 3.28. The molecular weight excluding hydrogens is 472 g/mol. The third kappa shape index (κ3) is 4.52. The lowest BCUT2D eigenvalue weighted by molar-refractivity contribution is 0.0994. The summed E-state index contributed by atoms with van der Waals surface area (Å²) in [4.78, 5) is 31.8. The van der Waals surface area contributed by atoms with Crippen LogP contribution in [0, 0.1) is 18.2 Å². The molecule has 4 rings (SSSR count). The molecule has 1 atom stereocenters. The number of hydrogen-bond donors (Lipinski definition) is 2. The number of nitrogens with one attached hydrogen (secondary N) is 1. The number of hydrogen-bond acceptors (Lipinski definition) is 6. The number of nitrogens with zero attached hydrogens (tertiary/aromatic N) is 5. The maximum absolute atomic E-state index is 14.7. The first kappa shape index (κ1) is 25.5. The summed E-state index contributed by atoms with van der Waals surface area (Å²) < 4.78 is 37.3. The number of carbonyl (C=O) groups is 2. The van der Waals surface area contributed by atoms with Crippen LogP contribution in [0.2, 0.25) is 0 Å². The van der Waals surface area contributed by atoms with Crippen molar-refractivity contribution in [3.8, 4) is 0 Å². The van der Waals surface area contributed by atoms with Gasteiger partial charge in [0.25, 0.3) is 5.91 Å². The lowest BCUT2D eigenvalue weighted by Crippen LogP contribution is -2.39. The number of amides is 2. The van der Waals surface area contributed by atoms with Gasteiger partial charge in [-0.05, 0) is 32.4 Å². The minimum absolute atomic E-state index is 0.110. The Kier molecular flexibility index (Phi) is 6.98. The topological polar surface area (TPSA) is 120 Å². The van der Waals surface area contributed by atoms with Crippen molar-refractivity contribution >= 4 is 34.5 Å². The molecule has 0 bridgehead atoms. The van der Waals surface area contributed by atoms with Gasteiger partial charge in [0, 0.05) is 50.9 Å². The van der Waals surface area contributed by atoms with Crippen LogP contribution < -0.4 is 16.0 Å². The molecule has 2 aromatic heterocycles. The van der Waals surface area contributed by atoms with Crippen molar-refractivity contribution < 1.29 is 23.1 Å². The van der Waals surface area contributed by atoms with Crippen molar-refractivity contribution in [3.05, 3.63) is 34.9 Å². The fraction of sp³-hybridized carbons (Fsp3) is 0.500. The molecule has 1 aliphatic heterocycles. The largest absolute Gasteiger partial charge is 0.385 e. The van der Waals surface area contributed by atoms with Gasteiger partial charge in [0.05, 0.1) is 29.1 Å². The van der Waals surface area contributed by atoms with Gasteiger partial charge in [0.15, 0.2) is 11.5 Å². The number of alkyl halides is 1. The number of carbonyl (C=O) groups excluding carboxylic acids is 2. The SMILES string of the molecule is CCn1nc(C)c(F)c1C(=O)Nc1nc2cc(C(N)=O)cc3c2n1C[C@](C)(CF)CN3CCCOC. The molecule has 0 fully saturated rings. The van der Waals surface area contributed by atoms with E-state index in [0.717, 1.165) is 0 Å². The Hall–Kier alpha value is -3.54. The summed E-state index contributed by atoms with van der Waals surface area (Å²) in [6.07, 6.45) is 0.679. The molecule has 0 radical (unpaired) electrons. The second-order valence-corrected chi connectivity index (χ2v) is 9.48. The quantitative estimate of drug-likeness (QED) is 0.433. The van der Waals surface area contributed by atoms with Crippen molar-refractivity contribution in [1.29, 1.82) is 0 Å². The highest BCUT2D eigenvalue weighted by atomic mass is 19.1. The Labute approximate surface area is 207 Å². The van der Waals surface area contributed by atoms with Gasteiger partial charge in [0.2, 0.25) is 11.9 Å². The first-order chi connectivity index (χ1) is 17.1. The van der Waals surface area contributed by atoms with Crippen LogP contribution in [0.3, 0.4) is 0 Å². The van der Waals surface area contributed by atoms with E-state index in [4.69, 9.17) is 10.5 Å². The van der Waals surface area contributed by atoms with E-state index in [1.165, 1.54) is 11.6 Å².